The van der Waals surface area contributed by atoms with Gasteiger partial charge in [0.05, 0.1) is 6.20 Å². The molecule has 0 amide bonds. The van der Waals surface area contributed by atoms with Crippen molar-refractivity contribution in [1.82, 2.24) is 4.98 Å². The Balaban J connectivity index is 2.35. The Morgan fingerprint density at radius 3 is 2.82 bits per heavy atom. The van der Waals surface area contributed by atoms with Gasteiger partial charge in [-0.1, -0.05) is 0 Å². The molecule has 0 saturated heterocycles. The van der Waals surface area contributed by atoms with Crippen LogP contribution in [-0.2, 0) is 6.42 Å². The molecule has 0 bridgehead atoms. The number of hydrogen-bond acceptors (Lipinski definition) is 3. The first kappa shape index (κ1) is 8.27. The van der Waals surface area contributed by atoms with Gasteiger partial charge in [-0.2, -0.15) is 0 Å². The summed E-state index contributed by atoms with van der Waals surface area (Å²) in [5.41, 5.74) is 5.67. The van der Waals surface area contributed by atoms with E-state index in [1.54, 1.807) is 6.20 Å². The molecule has 0 saturated carbocycles. The van der Waals surface area contributed by atoms with Crippen molar-refractivity contribution in [3.8, 4) is 0 Å². The van der Waals surface area contributed by atoms with Crippen molar-refractivity contribution in [3.63, 3.8) is 0 Å². The molecule has 1 aromatic heterocycles. The molecule has 2 N–H and O–H groups in total. The van der Waals surface area contributed by atoms with Crippen LogP contribution in [0.5, 0.6) is 0 Å². The summed E-state index contributed by atoms with van der Waals surface area (Å²) in [7, 11) is 0. The van der Waals surface area contributed by atoms with E-state index in [1.165, 1.54) is 6.39 Å². The highest BCUT2D eigenvalue weighted by Gasteiger charge is 2.11. The topological polar surface area (TPSA) is 52.0 Å². The lowest BCUT2D eigenvalue weighted by atomic mass is 9.99. The van der Waals surface area contributed by atoms with Crippen LogP contribution in [0.1, 0.15) is 26.0 Å². The summed E-state index contributed by atoms with van der Waals surface area (Å²) in [5.74, 6) is 0.906. The highest BCUT2D eigenvalue weighted by Crippen LogP contribution is 2.09. The van der Waals surface area contributed by atoms with Gasteiger partial charge in [0.1, 0.15) is 5.76 Å². The summed E-state index contributed by atoms with van der Waals surface area (Å²) in [4.78, 5) is 3.82. The molecule has 3 heteroatoms. The minimum absolute atomic E-state index is 0.118. The zero-order valence-electron chi connectivity index (χ0n) is 7.00. The first-order chi connectivity index (χ1) is 5.08. The maximum atomic E-state index is 5.79. The van der Waals surface area contributed by atoms with Gasteiger partial charge >= 0.3 is 0 Å². The van der Waals surface area contributed by atoms with Crippen LogP contribution in [0.3, 0.4) is 0 Å². The Kier molecular flexibility index (Phi) is 2.29. The predicted molar refractivity (Wildman–Crippen MR) is 43.1 cm³/mol. The molecule has 0 unspecified atom stereocenters. The molecule has 3 nitrogen and oxygen atoms in total. The smallest absolute Gasteiger partial charge is 0.180 e. The van der Waals surface area contributed by atoms with Gasteiger partial charge in [0.2, 0.25) is 0 Å². The molecule has 0 aliphatic carbocycles. The molecule has 1 heterocycles. The molecule has 0 aliphatic heterocycles. The molecule has 1 aromatic rings. The lowest BCUT2D eigenvalue weighted by Crippen LogP contribution is -2.32. The number of aromatic nitrogens is 1. The first-order valence-electron chi connectivity index (χ1n) is 3.74. The molecule has 0 atom stereocenters. The molecule has 11 heavy (non-hydrogen) atoms. The molecule has 0 fully saturated rings. The highest BCUT2D eigenvalue weighted by atomic mass is 16.3. The Morgan fingerprint density at radius 1 is 1.64 bits per heavy atom. The van der Waals surface area contributed by atoms with Crippen LogP contribution in [0, 0.1) is 0 Å². The van der Waals surface area contributed by atoms with Crippen molar-refractivity contribution in [2.75, 3.05) is 0 Å². The van der Waals surface area contributed by atoms with Crippen LogP contribution in [-0.4, -0.2) is 10.5 Å². The summed E-state index contributed by atoms with van der Waals surface area (Å²) >= 11 is 0. The summed E-state index contributed by atoms with van der Waals surface area (Å²) in [6, 6.07) is 0. The number of nitrogens with zero attached hydrogens (tertiary/aromatic N) is 1. The second kappa shape index (κ2) is 3.05. The van der Waals surface area contributed by atoms with Crippen LogP contribution in [0.4, 0.5) is 0 Å². The molecule has 1 rings (SSSR count). The summed E-state index contributed by atoms with van der Waals surface area (Å²) in [6.07, 6.45) is 4.95. The molecular formula is C8H14N2O. The van der Waals surface area contributed by atoms with Crippen molar-refractivity contribution in [3.05, 3.63) is 18.4 Å². The second-order valence-electron chi connectivity index (χ2n) is 3.46. The summed E-state index contributed by atoms with van der Waals surface area (Å²) < 4.78 is 5.06. The lowest BCUT2D eigenvalue weighted by molar-refractivity contribution is 0.432. The first-order valence-corrected chi connectivity index (χ1v) is 3.74. The van der Waals surface area contributed by atoms with Crippen LogP contribution < -0.4 is 5.73 Å². The van der Waals surface area contributed by atoms with E-state index in [2.05, 4.69) is 4.98 Å². The molecule has 0 aromatic carbocycles. The Hall–Kier alpha value is -0.830. The Bertz CT molecular complexity index is 198. The fraction of sp³-hybridized carbons (Fsp3) is 0.625. The predicted octanol–water partition coefficient (Wildman–Crippen LogP) is 1.34. The van der Waals surface area contributed by atoms with Crippen molar-refractivity contribution >= 4 is 0 Å². The average Bonchev–Trinajstić information content (AvgIpc) is 2.32. The van der Waals surface area contributed by atoms with Gasteiger partial charge in [-0.3, -0.25) is 0 Å². The van der Waals surface area contributed by atoms with Gasteiger partial charge in [0, 0.05) is 12.0 Å². The van der Waals surface area contributed by atoms with Gasteiger partial charge in [0.25, 0.3) is 0 Å². The Morgan fingerprint density at radius 2 is 2.36 bits per heavy atom. The number of oxazole rings is 1. The third kappa shape index (κ3) is 3.18. The van der Waals surface area contributed by atoms with Crippen LogP contribution in [0.15, 0.2) is 17.0 Å². The van der Waals surface area contributed by atoms with Crippen LogP contribution >= 0.6 is 0 Å². The third-order valence-corrected chi connectivity index (χ3v) is 1.50. The van der Waals surface area contributed by atoms with Crippen molar-refractivity contribution in [2.24, 2.45) is 5.73 Å². The van der Waals surface area contributed by atoms with E-state index in [4.69, 9.17) is 10.2 Å². The van der Waals surface area contributed by atoms with E-state index in [1.807, 2.05) is 13.8 Å². The standard InChI is InChI=1S/C8H14N2O/c1-8(2,9)4-3-7-5-10-6-11-7/h5-6H,3-4,9H2,1-2H3. The van der Waals surface area contributed by atoms with Crippen LogP contribution in [0.25, 0.3) is 0 Å². The summed E-state index contributed by atoms with van der Waals surface area (Å²) in [6.45, 7) is 4.01. The SMILES string of the molecule is CC(C)(N)CCc1cnco1. The van der Waals surface area contributed by atoms with Crippen molar-refractivity contribution < 1.29 is 4.42 Å². The van der Waals surface area contributed by atoms with E-state index >= 15 is 0 Å². The van der Waals surface area contributed by atoms with Gasteiger partial charge in [-0.25, -0.2) is 4.98 Å². The van der Waals surface area contributed by atoms with Crippen molar-refractivity contribution in [1.29, 1.82) is 0 Å². The Labute approximate surface area is 66.6 Å². The summed E-state index contributed by atoms with van der Waals surface area (Å²) in [5, 5.41) is 0. The largest absolute Gasteiger partial charge is 0.449 e. The number of nitrogens with two attached hydrogens (primary N) is 1. The monoisotopic (exact) mass is 154 g/mol. The minimum Gasteiger partial charge on any atom is -0.449 e. The minimum atomic E-state index is -0.118. The zero-order valence-corrected chi connectivity index (χ0v) is 7.00. The number of rotatable bonds is 3. The van der Waals surface area contributed by atoms with Crippen molar-refractivity contribution in [2.45, 2.75) is 32.2 Å². The molecule has 0 aliphatic rings. The van der Waals surface area contributed by atoms with Crippen LogP contribution in [0.2, 0.25) is 0 Å². The fourth-order valence-electron chi connectivity index (χ4n) is 0.811. The van der Waals surface area contributed by atoms with E-state index in [0.29, 0.717) is 0 Å². The average molecular weight is 154 g/mol. The number of aryl methyl sites for hydroxylation is 1. The third-order valence-electron chi connectivity index (χ3n) is 1.50. The zero-order chi connectivity index (χ0) is 8.32. The van der Waals surface area contributed by atoms with Gasteiger partial charge in [-0.05, 0) is 20.3 Å². The van der Waals surface area contributed by atoms with E-state index < -0.39 is 0 Å². The molecule has 0 radical (unpaired) electrons. The van der Waals surface area contributed by atoms with E-state index in [-0.39, 0.29) is 5.54 Å². The van der Waals surface area contributed by atoms with Gasteiger partial charge in [0.15, 0.2) is 6.39 Å². The molecule has 62 valence electrons. The number of hydrogen-bond donors (Lipinski definition) is 1. The van der Waals surface area contributed by atoms with E-state index in [0.717, 1.165) is 18.6 Å². The molecular weight excluding hydrogens is 140 g/mol. The van der Waals surface area contributed by atoms with Gasteiger partial charge in [-0.15, -0.1) is 0 Å². The van der Waals surface area contributed by atoms with Gasteiger partial charge < -0.3 is 10.2 Å². The molecule has 0 spiro atoms. The quantitative estimate of drug-likeness (QED) is 0.714. The normalized spacial score (nSPS) is 11.9. The second-order valence-corrected chi connectivity index (χ2v) is 3.46. The maximum absolute atomic E-state index is 5.79. The highest BCUT2D eigenvalue weighted by molar-refractivity contribution is 4.90. The lowest BCUT2D eigenvalue weighted by Gasteiger charge is -2.16. The fourth-order valence-corrected chi connectivity index (χ4v) is 0.811. The maximum Gasteiger partial charge on any atom is 0.180 e. The van der Waals surface area contributed by atoms with E-state index in [9.17, 15) is 0 Å².